The lowest BCUT2D eigenvalue weighted by Crippen LogP contribution is -2.17. The lowest BCUT2D eigenvalue weighted by molar-refractivity contribution is 0.0954. The van der Waals surface area contributed by atoms with Crippen LogP contribution in [0.15, 0.2) is 90.4 Å². The largest absolute Gasteiger partial charge is 0.508 e. The average Bonchev–Trinajstić information content (AvgIpc) is 3.19. The number of pyridine rings is 1. The number of aromatic nitrogens is 3. The van der Waals surface area contributed by atoms with Gasteiger partial charge in [0, 0.05) is 35.3 Å². The maximum absolute atomic E-state index is 12.2. The third kappa shape index (κ3) is 4.19. The number of carbonyl (C=O) groups excluding carboxylic acids is 1. The Hall–Kier alpha value is -4.26. The minimum absolute atomic E-state index is 0.0192. The number of nitrogens with one attached hydrogen (secondary N) is 1. The quantitative estimate of drug-likeness (QED) is 0.408. The number of hydrogen-bond donors (Lipinski definition) is 2. The summed E-state index contributed by atoms with van der Waals surface area (Å²) in [5.41, 5.74) is 6.03. The van der Waals surface area contributed by atoms with Crippen molar-refractivity contribution in [3.05, 3.63) is 96.4 Å². The molecule has 0 fully saturated rings. The van der Waals surface area contributed by atoms with Gasteiger partial charge in [-0.05, 0) is 42.5 Å². The molecule has 0 radical (unpaired) electrons. The number of para-hydroxylation sites is 1. The van der Waals surface area contributed by atoms with Crippen LogP contribution in [0.1, 0.15) is 15.9 Å². The van der Waals surface area contributed by atoms with E-state index in [1.54, 1.807) is 35.4 Å². The number of aromatic hydroxyl groups is 1. The maximum Gasteiger partial charge on any atom is 0.271 e. The maximum atomic E-state index is 12.2. The van der Waals surface area contributed by atoms with Crippen LogP contribution in [0.2, 0.25) is 0 Å². The van der Waals surface area contributed by atoms with E-state index in [1.807, 2.05) is 48.7 Å². The summed E-state index contributed by atoms with van der Waals surface area (Å²) >= 11 is 0. The van der Waals surface area contributed by atoms with E-state index < -0.39 is 5.91 Å². The van der Waals surface area contributed by atoms with Gasteiger partial charge >= 0.3 is 0 Å². The molecule has 0 unspecified atom stereocenters. The molecule has 142 valence electrons. The zero-order valence-corrected chi connectivity index (χ0v) is 15.3. The summed E-state index contributed by atoms with van der Waals surface area (Å²) in [4.78, 5) is 16.2. The molecule has 0 aliphatic rings. The van der Waals surface area contributed by atoms with Crippen LogP contribution >= 0.6 is 0 Å². The van der Waals surface area contributed by atoms with Gasteiger partial charge in [-0.3, -0.25) is 9.78 Å². The molecular formula is C22H17N5O2. The van der Waals surface area contributed by atoms with Crippen LogP contribution in [0.25, 0.3) is 16.9 Å². The van der Waals surface area contributed by atoms with Gasteiger partial charge in [-0.2, -0.15) is 10.2 Å². The lowest BCUT2D eigenvalue weighted by atomic mass is 10.1. The Labute approximate surface area is 167 Å². The number of nitrogens with zero attached hydrogens (tertiary/aromatic N) is 4. The third-order valence-corrected chi connectivity index (χ3v) is 4.20. The van der Waals surface area contributed by atoms with Crippen molar-refractivity contribution >= 4 is 12.1 Å². The van der Waals surface area contributed by atoms with Crippen molar-refractivity contribution in [2.75, 3.05) is 0 Å². The van der Waals surface area contributed by atoms with E-state index in [0.717, 1.165) is 16.8 Å². The summed E-state index contributed by atoms with van der Waals surface area (Å²) in [6.07, 6.45) is 6.78. The summed E-state index contributed by atoms with van der Waals surface area (Å²) in [7, 11) is 0. The highest BCUT2D eigenvalue weighted by molar-refractivity contribution is 5.96. The monoisotopic (exact) mass is 383 g/mol. The summed E-state index contributed by atoms with van der Waals surface area (Å²) in [6, 6.07) is 19.5. The van der Waals surface area contributed by atoms with E-state index in [4.69, 9.17) is 0 Å². The summed E-state index contributed by atoms with van der Waals surface area (Å²) in [5, 5.41) is 18.2. The van der Waals surface area contributed by atoms with Crippen molar-refractivity contribution in [1.82, 2.24) is 20.2 Å². The van der Waals surface area contributed by atoms with Gasteiger partial charge < -0.3 is 5.11 Å². The standard InChI is InChI=1S/C22H17N5O2/c28-20-8-4-5-17(13-20)22(29)25-24-14-18-15-27(19-6-2-1-3-7-19)26-21(18)16-9-11-23-12-10-16/h1-15,28H,(H,25,29)/b24-14-. The van der Waals surface area contributed by atoms with Gasteiger partial charge in [-0.15, -0.1) is 0 Å². The normalized spacial score (nSPS) is 10.9. The summed E-state index contributed by atoms with van der Waals surface area (Å²) in [5.74, 6) is -0.399. The molecule has 0 bridgehead atoms. The molecule has 0 atom stereocenters. The van der Waals surface area contributed by atoms with Crippen molar-refractivity contribution in [1.29, 1.82) is 0 Å². The molecule has 0 spiro atoms. The smallest absolute Gasteiger partial charge is 0.271 e. The number of amides is 1. The Morgan fingerprint density at radius 1 is 1.03 bits per heavy atom. The minimum Gasteiger partial charge on any atom is -0.508 e. The molecule has 0 saturated carbocycles. The fourth-order valence-electron chi connectivity index (χ4n) is 2.80. The third-order valence-electron chi connectivity index (χ3n) is 4.20. The molecular weight excluding hydrogens is 366 g/mol. The van der Waals surface area contributed by atoms with Crippen molar-refractivity contribution in [2.24, 2.45) is 5.10 Å². The van der Waals surface area contributed by atoms with Gasteiger partial charge in [0.2, 0.25) is 0 Å². The number of hydrazone groups is 1. The lowest BCUT2D eigenvalue weighted by Gasteiger charge is -2.00. The van der Waals surface area contributed by atoms with Crippen LogP contribution < -0.4 is 5.43 Å². The number of rotatable bonds is 5. The predicted octanol–water partition coefficient (Wildman–Crippen LogP) is 3.40. The molecule has 0 saturated heterocycles. The second kappa shape index (κ2) is 8.18. The van der Waals surface area contributed by atoms with Crippen LogP contribution in [0.3, 0.4) is 0 Å². The van der Waals surface area contributed by atoms with E-state index in [9.17, 15) is 9.90 Å². The number of hydrogen-bond acceptors (Lipinski definition) is 5. The van der Waals surface area contributed by atoms with E-state index in [-0.39, 0.29) is 5.75 Å². The summed E-state index contributed by atoms with van der Waals surface area (Å²) in [6.45, 7) is 0. The Bertz CT molecular complexity index is 1150. The van der Waals surface area contributed by atoms with Crippen molar-refractivity contribution < 1.29 is 9.90 Å². The Morgan fingerprint density at radius 3 is 2.59 bits per heavy atom. The Kier molecular flexibility index (Phi) is 5.11. The molecule has 0 aliphatic heterocycles. The topological polar surface area (TPSA) is 92.4 Å². The molecule has 1 amide bonds. The molecule has 2 heterocycles. The molecule has 2 N–H and O–H groups in total. The first-order chi connectivity index (χ1) is 14.2. The van der Waals surface area contributed by atoms with Gasteiger partial charge in [0.15, 0.2) is 0 Å². The molecule has 2 aromatic carbocycles. The number of phenols is 1. The first-order valence-corrected chi connectivity index (χ1v) is 8.88. The zero-order chi connectivity index (χ0) is 20.1. The van der Waals surface area contributed by atoms with Crippen molar-refractivity contribution in [2.45, 2.75) is 0 Å². The van der Waals surface area contributed by atoms with E-state index >= 15 is 0 Å². The number of carbonyl (C=O) groups is 1. The van der Waals surface area contributed by atoms with E-state index in [2.05, 4.69) is 20.6 Å². The predicted molar refractivity (Wildman–Crippen MR) is 110 cm³/mol. The SMILES string of the molecule is O=C(N/N=C\c1cn(-c2ccccc2)nc1-c1ccncc1)c1cccc(O)c1. The second-order valence-corrected chi connectivity index (χ2v) is 6.20. The van der Waals surface area contributed by atoms with Gasteiger partial charge in [0.1, 0.15) is 11.4 Å². The van der Waals surface area contributed by atoms with Crippen LogP contribution in [-0.4, -0.2) is 32.0 Å². The van der Waals surface area contributed by atoms with Crippen molar-refractivity contribution in [3.8, 4) is 22.7 Å². The number of phenolic OH excluding ortho intramolecular Hbond substituents is 1. The molecule has 4 aromatic rings. The minimum atomic E-state index is -0.418. The molecule has 7 heteroatoms. The zero-order valence-electron chi connectivity index (χ0n) is 15.3. The molecule has 2 aromatic heterocycles. The Balaban J connectivity index is 1.62. The first kappa shape index (κ1) is 18.1. The van der Waals surface area contributed by atoms with Crippen LogP contribution in [0.4, 0.5) is 0 Å². The molecule has 7 nitrogen and oxygen atoms in total. The van der Waals surface area contributed by atoms with E-state index in [1.165, 1.54) is 12.1 Å². The Morgan fingerprint density at radius 2 is 1.83 bits per heavy atom. The number of benzene rings is 2. The highest BCUT2D eigenvalue weighted by Gasteiger charge is 2.11. The molecule has 29 heavy (non-hydrogen) atoms. The van der Waals surface area contributed by atoms with Gasteiger partial charge in [-0.25, -0.2) is 10.1 Å². The molecule has 0 aliphatic carbocycles. The van der Waals surface area contributed by atoms with Crippen LogP contribution in [-0.2, 0) is 0 Å². The highest BCUT2D eigenvalue weighted by Crippen LogP contribution is 2.22. The summed E-state index contributed by atoms with van der Waals surface area (Å²) < 4.78 is 1.76. The van der Waals surface area contributed by atoms with E-state index in [0.29, 0.717) is 11.3 Å². The first-order valence-electron chi connectivity index (χ1n) is 8.88. The molecule has 4 rings (SSSR count). The average molecular weight is 383 g/mol. The van der Waals surface area contributed by atoms with Crippen molar-refractivity contribution in [3.63, 3.8) is 0 Å². The second-order valence-electron chi connectivity index (χ2n) is 6.20. The van der Waals surface area contributed by atoms with Gasteiger partial charge in [-0.1, -0.05) is 24.3 Å². The van der Waals surface area contributed by atoms with Gasteiger partial charge in [0.05, 0.1) is 11.9 Å². The van der Waals surface area contributed by atoms with Crippen LogP contribution in [0.5, 0.6) is 5.75 Å². The van der Waals surface area contributed by atoms with Crippen LogP contribution in [0, 0.1) is 0 Å². The fraction of sp³-hybridized carbons (Fsp3) is 0. The fourth-order valence-corrected chi connectivity index (χ4v) is 2.80. The van der Waals surface area contributed by atoms with Gasteiger partial charge in [0.25, 0.3) is 5.91 Å². The highest BCUT2D eigenvalue weighted by atomic mass is 16.3.